The Kier molecular flexibility index (Phi) is 6.17. The highest BCUT2D eigenvalue weighted by Gasteiger charge is 2.29. The summed E-state index contributed by atoms with van der Waals surface area (Å²) in [4.78, 5) is 30.2. The highest BCUT2D eigenvalue weighted by Crippen LogP contribution is 2.20. The SMILES string of the molecule is Cc1cc2cc(CNC(=O)[C@H]3CCC(=O)N(CCCc4ccccc4)C3)ccc2[nH]1. The molecule has 0 bridgehead atoms. The molecule has 0 spiro atoms. The number of amides is 2. The number of piperidine rings is 1. The molecule has 0 saturated carbocycles. The van der Waals surface area contributed by atoms with Gasteiger partial charge in [-0.25, -0.2) is 0 Å². The van der Waals surface area contributed by atoms with Gasteiger partial charge in [0.15, 0.2) is 0 Å². The third-order valence-corrected chi connectivity index (χ3v) is 5.89. The molecular weight excluding hydrogens is 374 g/mol. The highest BCUT2D eigenvalue weighted by molar-refractivity contribution is 5.84. The van der Waals surface area contributed by atoms with Crippen LogP contribution >= 0.6 is 0 Å². The second kappa shape index (κ2) is 9.16. The number of nitrogens with one attached hydrogen (secondary N) is 2. The maximum atomic E-state index is 12.7. The summed E-state index contributed by atoms with van der Waals surface area (Å²) in [6.45, 7) is 3.78. The van der Waals surface area contributed by atoms with Crippen molar-refractivity contribution in [3.05, 3.63) is 71.4 Å². The minimum Gasteiger partial charge on any atom is -0.359 e. The van der Waals surface area contributed by atoms with Crippen LogP contribution in [0.5, 0.6) is 0 Å². The summed E-state index contributed by atoms with van der Waals surface area (Å²) in [5.74, 6) is 0.0824. The zero-order valence-corrected chi connectivity index (χ0v) is 17.5. The van der Waals surface area contributed by atoms with Gasteiger partial charge in [0.2, 0.25) is 11.8 Å². The van der Waals surface area contributed by atoms with Crippen LogP contribution in [-0.4, -0.2) is 34.8 Å². The smallest absolute Gasteiger partial charge is 0.225 e. The molecule has 1 atom stereocenters. The van der Waals surface area contributed by atoms with Crippen LogP contribution in [0, 0.1) is 12.8 Å². The van der Waals surface area contributed by atoms with Crippen LogP contribution < -0.4 is 5.32 Å². The summed E-state index contributed by atoms with van der Waals surface area (Å²) in [6, 6.07) is 18.6. The van der Waals surface area contributed by atoms with Gasteiger partial charge in [0.1, 0.15) is 0 Å². The number of hydrogen-bond acceptors (Lipinski definition) is 2. The van der Waals surface area contributed by atoms with E-state index in [0.717, 1.165) is 35.0 Å². The molecule has 1 aromatic heterocycles. The number of aromatic amines is 1. The van der Waals surface area contributed by atoms with Crippen molar-refractivity contribution in [2.24, 2.45) is 5.92 Å². The number of likely N-dealkylation sites (tertiary alicyclic amines) is 1. The maximum Gasteiger partial charge on any atom is 0.225 e. The summed E-state index contributed by atoms with van der Waals surface area (Å²) in [7, 11) is 0. The number of hydrogen-bond donors (Lipinski definition) is 2. The predicted molar refractivity (Wildman–Crippen MR) is 119 cm³/mol. The average molecular weight is 404 g/mol. The molecule has 1 aliphatic heterocycles. The number of aryl methyl sites for hydroxylation is 2. The van der Waals surface area contributed by atoms with Crippen molar-refractivity contribution in [2.75, 3.05) is 13.1 Å². The number of aromatic nitrogens is 1. The zero-order chi connectivity index (χ0) is 20.9. The van der Waals surface area contributed by atoms with E-state index in [4.69, 9.17) is 0 Å². The summed E-state index contributed by atoms with van der Waals surface area (Å²) < 4.78 is 0. The average Bonchev–Trinajstić information content (AvgIpc) is 3.13. The Morgan fingerprint density at radius 1 is 1.13 bits per heavy atom. The first-order valence-corrected chi connectivity index (χ1v) is 10.8. The molecule has 156 valence electrons. The molecule has 5 nitrogen and oxygen atoms in total. The van der Waals surface area contributed by atoms with Crippen LogP contribution in [0.1, 0.15) is 36.1 Å². The molecule has 1 saturated heterocycles. The molecule has 0 radical (unpaired) electrons. The standard InChI is InChI=1S/C25H29N3O2/c1-18-14-22-15-20(9-11-23(22)27-18)16-26-25(30)21-10-12-24(29)28(17-21)13-5-8-19-6-3-2-4-7-19/h2-4,6-7,9,11,14-15,21,27H,5,8,10,12-13,16-17H2,1H3,(H,26,30)/t21-/m0/s1. The molecule has 30 heavy (non-hydrogen) atoms. The molecular formula is C25H29N3O2. The van der Waals surface area contributed by atoms with Crippen molar-refractivity contribution in [3.63, 3.8) is 0 Å². The zero-order valence-electron chi connectivity index (χ0n) is 17.5. The van der Waals surface area contributed by atoms with E-state index in [1.807, 2.05) is 36.1 Å². The molecule has 4 rings (SSSR count). The predicted octanol–water partition coefficient (Wildman–Crippen LogP) is 3.96. The quantitative estimate of drug-likeness (QED) is 0.627. The van der Waals surface area contributed by atoms with Gasteiger partial charge in [-0.05, 0) is 60.9 Å². The Labute approximate surface area is 177 Å². The van der Waals surface area contributed by atoms with Gasteiger partial charge in [-0.2, -0.15) is 0 Å². The Hall–Kier alpha value is -3.08. The fourth-order valence-electron chi connectivity index (χ4n) is 4.23. The van der Waals surface area contributed by atoms with E-state index in [-0.39, 0.29) is 17.7 Å². The Bertz CT molecular complexity index is 1030. The van der Waals surface area contributed by atoms with Crippen LogP contribution in [-0.2, 0) is 22.6 Å². The van der Waals surface area contributed by atoms with Gasteiger partial charge in [0, 0.05) is 37.3 Å². The fraction of sp³-hybridized carbons (Fsp3) is 0.360. The normalized spacial score (nSPS) is 16.8. The first kappa shape index (κ1) is 20.2. The van der Waals surface area contributed by atoms with E-state index < -0.39 is 0 Å². The second-order valence-electron chi connectivity index (χ2n) is 8.26. The number of H-pyrrole nitrogens is 1. The lowest BCUT2D eigenvalue weighted by molar-refractivity contribution is -0.138. The first-order valence-electron chi connectivity index (χ1n) is 10.8. The van der Waals surface area contributed by atoms with E-state index in [0.29, 0.717) is 32.5 Å². The van der Waals surface area contributed by atoms with Crippen molar-refractivity contribution >= 4 is 22.7 Å². The summed E-state index contributed by atoms with van der Waals surface area (Å²) in [6.07, 6.45) is 2.96. The van der Waals surface area contributed by atoms with E-state index in [1.54, 1.807) is 0 Å². The van der Waals surface area contributed by atoms with E-state index in [9.17, 15) is 9.59 Å². The molecule has 5 heteroatoms. The monoisotopic (exact) mass is 403 g/mol. The number of carbonyl (C=O) groups is 2. The van der Waals surface area contributed by atoms with Crippen molar-refractivity contribution < 1.29 is 9.59 Å². The lowest BCUT2D eigenvalue weighted by Crippen LogP contribution is -2.46. The van der Waals surface area contributed by atoms with Crippen LogP contribution in [0.25, 0.3) is 10.9 Å². The fourth-order valence-corrected chi connectivity index (χ4v) is 4.23. The molecule has 3 aromatic rings. The van der Waals surface area contributed by atoms with Crippen LogP contribution in [0.4, 0.5) is 0 Å². The van der Waals surface area contributed by atoms with E-state index >= 15 is 0 Å². The minimum absolute atomic E-state index is 0.0425. The molecule has 1 fully saturated rings. The molecule has 2 amide bonds. The number of rotatable bonds is 7. The van der Waals surface area contributed by atoms with Crippen molar-refractivity contribution in [1.82, 2.24) is 15.2 Å². The van der Waals surface area contributed by atoms with Gasteiger partial charge < -0.3 is 15.2 Å². The molecule has 2 N–H and O–H groups in total. The maximum absolute atomic E-state index is 12.7. The third-order valence-electron chi connectivity index (χ3n) is 5.89. The molecule has 2 aromatic carbocycles. The van der Waals surface area contributed by atoms with Gasteiger partial charge in [-0.15, -0.1) is 0 Å². The lowest BCUT2D eigenvalue weighted by atomic mass is 9.96. The highest BCUT2D eigenvalue weighted by atomic mass is 16.2. The Balaban J connectivity index is 1.28. The molecule has 1 aliphatic rings. The van der Waals surface area contributed by atoms with Crippen LogP contribution in [0.2, 0.25) is 0 Å². The number of fused-ring (bicyclic) bond motifs is 1. The Morgan fingerprint density at radius 3 is 2.80 bits per heavy atom. The molecule has 0 aliphatic carbocycles. The summed E-state index contributed by atoms with van der Waals surface area (Å²) in [5.41, 5.74) is 4.61. The van der Waals surface area contributed by atoms with Gasteiger partial charge in [-0.3, -0.25) is 9.59 Å². The van der Waals surface area contributed by atoms with Gasteiger partial charge >= 0.3 is 0 Å². The van der Waals surface area contributed by atoms with Gasteiger partial charge in [0.25, 0.3) is 0 Å². The van der Waals surface area contributed by atoms with Gasteiger partial charge in [0.05, 0.1) is 5.92 Å². The van der Waals surface area contributed by atoms with Crippen molar-refractivity contribution in [1.29, 1.82) is 0 Å². The van der Waals surface area contributed by atoms with Crippen LogP contribution in [0.3, 0.4) is 0 Å². The molecule has 2 heterocycles. The van der Waals surface area contributed by atoms with E-state index in [1.165, 1.54) is 5.56 Å². The third kappa shape index (κ3) is 4.90. The largest absolute Gasteiger partial charge is 0.359 e. The van der Waals surface area contributed by atoms with E-state index in [2.05, 4.69) is 40.6 Å². The van der Waals surface area contributed by atoms with Crippen LogP contribution in [0.15, 0.2) is 54.6 Å². The molecule has 0 unspecified atom stereocenters. The second-order valence-corrected chi connectivity index (χ2v) is 8.26. The topological polar surface area (TPSA) is 65.2 Å². The van der Waals surface area contributed by atoms with Crippen molar-refractivity contribution in [3.8, 4) is 0 Å². The van der Waals surface area contributed by atoms with Gasteiger partial charge in [-0.1, -0.05) is 36.4 Å². The Morgan fingerprint density at radius 2 is 1.97 bits per heavy atom. The number of benzene rings is 2. The van der Waals surface area contributed by atoms with Crippen molar-refractivity contribution in [2.45, 2.75) is 39.2 Å². The number of nitrogens with zero attached hydrogens (tertiary/aromatic N) is 1. The summed E-state index contributed by atoms with van der Waals surface area (Å²) in [5, 5.41) is 4.23. The summed E-state index contributed by atoms with van der Waals surface area (Å²) >= 11 is 0. The minimum atomic E-state index is -0.127. The first-order chi connectivity index (χ1) is 14.6. The number of carbonyl (C=O) groups excluding carboxylic acids is 2. The lowest BCUT2D eigenvalue weighted by Gasteiger charge is -2.32.